The van der Waals surface area contributed by atoms with Crippen molar-refractivity contribution in [2.75, 3.05) is 50.1 Å². The fraction of sp³-hybridized carbons (Fsp3) is 0.350. The van der Waals surface area contributed by atoms with Crippen LogP contribution in [0.5, 0.6) is 5.75 Å². The molecule has 138 valence electrons. The lowest BCUT2D eigenvalue weighted by Gasteiger charge is -2.33. The van der Waals surface area contributed by atoms with E-state index in [9.17, 15) is 4.79 Å². The highest BCUT2D eigenvalue weighted by Crippen LogP contribution is 2.20. The number of aryl methyl sites for hydroxylation is 1. The van der Waals surface area contributed by atoms with Crippen LogP contribution in [0.15, 0.2) is 42.5 Å². The lowest BCUT2D eigenvalue weighted by atomic mass is 10.2. The molecule has 2 aromatic rings. The molecule has 0 unspecified atom stereocenters. The van der Waals surface area contributed by atoms with Crippen LogP contribution in [-0.2, 0) is 4.79 Å². The fourth-order valence-electron chi connectivity index (χ4n) is 3.20. The summed E-state index contributed by atoms with van der Waals surface area (Å²) < 4.78 is 5.21. The Morgan fingerprint density at radius 3 is 2.54 bits per heavy atom. The second-order valence-electron chi connectivity index (χ2n) is 6.62. The molecule has 1 fully saturated rings. The van der Waals surface area contributed by atoms with E-state index in [1.807, 2.05) is 31.2 Å². The fourth-order valence-corrected chi connectivity index (χ4v) is 3.37. The number of piperazine rings is 1. The first-order valence-electron chi connectivity index (χ1n) is 8.84. The molecule has 0 atom stereocenters. The molecule has 0 aromatic heterocycles. The minimum Gasteiger partial charge on any atom is -0.497 e. The molecule has 5 nitrogen and oxygen atoms in total. The Hall–Kier alpha value is -2.24. The number of amides is 1. The van der Waals surface area contributed by atoms with Crippen molar-refractivity contribution < 1.29 is 14.4 Å². The molecule has 26 heavy (non-hydrogen) atoms. The predicted octanol–water partition coefficient (Wildman–Crippen LogP) is 2.00. The van der Waals surface area contributed by atoms with Gasteiger partial charge in [-0.05, 0) is 48.9 Å². The smallest absolute Gasteiger partial charge is 0.279 e. The number of nitrogens with zero attached hydrogens (tertiary/aromatic N) is 1. The van der Waals surface area contributed by atoms with Crippen LogP contribution in [0.25, 0.3) is 0 Å². The van der Waals surface area contributed by atoms with Crippen molar-refractivity contribution in [3.8, 4) is 5.75 Å². The summed E-state index contributed by atoms with van der Waals surface area (Å²) in [7, 11) is 1.67. The molecule has 0 aliphatic carbocycles. The van der Waals surface area contributed by atoms with Crippen LogP contribution in [0.4, 0.5) is 11.4 Å². The van der Waals surface area contributed by atoms with E-state index in [1.54, 1.807) is 13.2 Å². The van der Waals surface area contributed by atoms with Gasteiger partial charge in [0.2, 0.25) is 0 Å². The first-order chi connectivity index (χ1) is 12.5. The molecule has 0 saturated carbocycles. The first kappa shape index (κ1) is 18.5. The zero-order valence-corrected chi connectivity index (χ0v) is 16.0. The molecule has 3 rings (SSSR count). The van der Waals surface area contributed by atoms with Gasteiger partial charge in [0.05, 0.1) is 33.3 Å². The standard InChI is InChI=1S/C20H24ClN3O2/c1-15-3-4-16(21)13-19(15)22-20(25)14-23-9-11-24(12-10-23)17-5-7-18(26-2)8-6-17/h3-8,13H,9-12,14H2,1-2H3,(H,22,25)/p+1. The number of quaternary nitrogens is 1. The summed E-state index contributed by atoms with van der Waals surface area (Å²) in [4.78, 5) is 16.0. The number of ether oxygens (including phenoxy) is 1. The quantitative estimate of drug-likeness (QED) is 0.841. The van der Waals surface area contributed by atoms with Crippen LogP contribution in [0.2, 0.25) is 5.02 Å². The molecule has 1 amide bonds. The molecule has 1 saturated heterocycles. The predicted molar refractivity (Wildman–Crippen MR) is 106 cm³/mol. The average molecular weight is 375 g/mol. The van der Waals surface area contributed by atoms with Crippen molar-refractivity contribution in [1.29, 1.82) is 0 Å². The van der Waals surface area contributed by atoms with Crippen LogP contribution in [0.3, 0.4) is 0 Å². The molecule has 1 aliphatic heterocycles. The van der Waals surface area contributed by atoms with Gasteiger partial charge in [-0.3, -0.25) is 4.79 Å². The van der Waals surface area contributed by atoms with Gasteiger partial charge in [0.25, 0.3) is 5.91 Å². The van der Waals surface area contributed by atoms with E-state index in [0.29, 0.717) is 11.6 Å². The Morgan fingerprint density at radius 2 is 1.88 bits per heavy atom. The minimum absolute atomic E-state index is 0.0308. The van der Waals surface area contributed by atoms with Gasteiger partial charge < -0.3 is 19.9 Å². The Balaban J connectivity index is 1.50. The molecular formula is C20H25ClN3O2+. The van der Waals surface area contributed by atoms with Crippen molar-refractivity contribution in [1.82, 2.24) is 0 Å². The van der Waals surface area contributed by atoms with Gasteiger partial charge >= 0.3 is 0 Å². The van der Waals surface area contributed by atoms with E-state index >= 15 is 0 Å². The normalized spacial score (nSPS) is 15.0. The van der Waals surface area contributed by atoms with E-state index in [2.05, 4.69) is 22.3 Å². The second-order valence-corrected chi connectivity index (χ2v) is 7.06. The molecule has 0 radical (unpaired) electrons. The van der Waals surface area contributed by atoms with Gasteiger partial charge in [-0.1, -0.05) is 17.7 Å². The SMILES string of the molecule is COc1ccc(N2CC[NH+](CC(=O)Nc3cc(Cl)ccc3C)CC2)cc1. The summed E-state index contributed by atoms with van der Waals surface area (Å²) in [5, 5.41) is 3.61. The largest absolute Gasteiger partial charge is 0.497 e. The van der Waals surface area contributed by atoms with Crippen molar-refractivity contribution in [2.45, 2.75) is 6.92 Å². The molecular weight excluding hydrogens is 350 g/mol. The van der Waals surface area contributed by atoms with Crippen molar-refractivity contribution in [3.63, 3.8) is 0 Å². The van der Waals surface area contributed by atoms with E-state index in [-0.39, 0.29) is 5.91 Å². The van der Waals surface area contributed by atoms with Crippen LogP contribution < -0.4 is 19.9 Å². The Morgan fingerprint density at radius 1 is 1.19 bits per heavy atom. The van der Waals surface area contributed by atoms with E-state index in [4.69, 9.17) is 16.3 Å². The Kier molecular flexibility index (Phi) is 6.01. The molecule has 1 heterocycles. The van der Waals surface area contributed by atoms with Crippen molar-refractivity contribution >= 4 is 28.9 Å². The monoisotopic (exact) mass is 374 g/mol. The zero-order valence-electron chi connectivity index (χ0n) is 15.2. The van der Waals surface area contributed by atoms with Gasteiger partial charge in [-0.25, -0.2) is 0 Å². The maximum Gasteiger partial charge on any atom is 0.279 e. The number of hydrogen-bond acceptors (Lipinski definition) is 3. The van der Waals surface area contributed by atoms with E-state index in [1.165, 1.54) is 10.6 Å². The highest BCUT2D eigenvalue weighted by Gasteiger charge is 2.22. The van der Waals surface area contributed by atoms with Crippen LogP contribution >= 0.6 is 11.6 Å². The Bertz CT molecular complexity index is 756. The van der Waals surface area contributed by atoms with Gasteiger partial charge in [-0.2, -0.15) is 0 Å². The maximum atomic E-state index is 12.4. The summed E-state index contributed by atoms with van der Waals surface area (Å²) in [5.41, 5.74) is 3.00. The number of methoxy groups -OCH3 is 1. The van der Waals surface area contributed by atoms with Gasteiger partial charge in [0.1, 0.15) is 5.75 Å². The number of benzene rings is 2. The van der Waals surface area contributed by atoms with Crippen LogP contribution in [0, 0.1) is 6.92 Å². The molecule has 2 aromatic carbocycles. The van der Waals surface area contributed by atoms with Crippen LogP contribution in [0.1, 0.15) is 5.56 Å². The van der Waals surface area contributed by atoms with E-state index < -0.39 is 0 Å². The third kappa shape index (κ3) is 4.68. The molecule has 1 aliphatic rings. The molecule has 6 heteroatoms. The van der Waals surface area contributed by atoms with Crippen LogP contribution in [-0.4, -0.2) is 45.7 Å². The number of anilines is 2. The number of hydrogen-bond donors (Lipinski definition) is 2. The lowest BCUT2D eigenvalue weighted by molar-refractivity contribution is -0.892. The number of carbonyl (C=O) groups is 1. The van der Waals surface area contributed by atoms with Gasteiger partial charge in [-0.15, -0.1) is 0 Å². The summed E-state index contributed by atoms with van der Waals surface area (Å²) in [6.07, 6.45) is 0. The number of carbonyl (C=O) groups excluding carboxylic acids is 1. The average Bonchev–Trinajstić information content (AvgIpc) is 2.65. The highest BCUT2D eigenvalue weighted by atomic mass is 35.5. The number of nitrogens with one attached hydrogen (secondary N) is 2. The van der Waals surface area contributed by atoms with E-state index in [0.717, 1.165) is 43.2 Å². The maximum absolute atomic E-state index is 12.4. The summed E-state index contributed by atoms with van der Waals surface area (Å²) in [6, 6.07) is 13.7. The molecule has 0 spiro atoms. The second kappa shape index (κ2) is 8.43. The number of rotatable bonds is 5. The summed E-state index contributed by atoms with van der Waals surface area (Å²) in [5.74, 6) is 0.897. The topological polar surface area (TPSA) is 46.0 Å². The van der Waals surface area contributed by atoms with Gasteiger partial charge in [0.15, 0.2) is 6.54 Å². The Labute approximate surface area is 159 Å². The third-order valence-electron chi connectivity index (χ3n) is 4.79. The van der Waals surface area contributed by atoms with Crippen molar-refractivity contribution in [2.24, 2.45) is 0 Å². The highest BCUT2D eigenvalue weighted by molar-refractivity contribution is 6.31. The van der Waals surface area contributed by atoms with Gasteiger partial charge in [0, 0.05) is 16.4 Å². The summed E-state index contributed by atoms with van der Waals surface area (Å²) in [6.45, 7) is 6.19. The number of halogens is 1. The molecule has 2 N–H and O–H groups in total. The minimum atomic E-state index is 0.0308. The summed E-state index contributed by atoms with van der Waals surface area (Å²) >= 11 is 6.02. The first-order valence-corrected chi connectivity index (χ1v) is 9.21. The molecule has 0 bridgehead atoms. The zero-order chi connectivity index (χ0) is 18.5. The third-order valence-corrected chi connectivity index (χ3v) is 5.03. The lowest BCUT2D eigenvalue weighted by Crippen LogP contribution is -3.15. The van der Waals surface area contributed by atoms with Crippen molar-refractivity contribution in [3.05, 3.63) is 53.1 Å².